The first kappa shape index (κ1) is 54.2. The van der Waals surface area contributed by atoms with E-state index in [0.717, 1.165) is 38.5 Å². The van der Waals surface area contributed by atoms with Crippen molar-refractivity contribution >= 4 is 13.8 Å². The Morgan fingerprint density at radius 1 is 0.776 bits per heavy atom. The maximum absolute atomic E-state index is 12.8. The van der Waals surface area contributed by atoms with Gasteiger partial charge in [-0.1, -0.05) is 115 Å². The van der Waals surface area contributed by atoms with Crippen LogP contribution in [0, 0.1) is 11.8 Å². The van der Waals surface area contributed by atoms with Crippen molar-refractivity contribution in [3.8, 4) is 0 Å². The summed E-state index contributed by atoms with van der Waals surface area (Å²) in [5.74, 6) is -0.881. The number of hydrogen-bond acceptors (Lipinski definition) is 10. The summed E-state index contributed by atoms with van der Waals surface area (Å²) in [7, 11) is 1.17. The molecule has 58 heavy (non-hydrogen) atoms. The van der Waals surface area contributed by atoms with Gasteiger partial charge in [0.2, 0.25) is 0 Å². The number of unbranched alkanes of at least 4 members (excludes halogenated alkanes) is 14. The van der Waals surface area contributed by atoms with E-state index in [1.54, 1.807) is 12.3 Å². The molecule has 338 valence electrons. The average molecular weight is 842 g/mol. The molecule has 7 atom stereocenters. The highest BCUT2D eigenvalue weighted by molar-refractivity contribution is 7.45. The molecule has 3 N–H and O–H groups in total. The maximum Gasteiger partial charge on any atom is 0.306 e. The number of carbonyl (C=O) groups is 1. The van der Waals surface area contributed by atoms with Crippen molar-refractivity contribution < 1.29 is 52.6 Å². The van der Waals surface area contributed by atoms with Crippen molar-refractivity contribution in [3.63, 3.8) is 0 Å². The second kappa shape index (κ2) is 33.8. The molecule has 0 aliphatic heterocycles. The van der Waals surface area contributed by atoms with Crippen molar-refractivity contribution in [1.29, 1.82) is 0 Å². The molecule has 0 spiro atoms. The van der Waals surface area contributed by atoms with Gasteiger partial charge in [-0.25, -0.2) is 0 Å². The highest BCUT2D eigenvalue weighted by Crippen LogP contribution is 2.38. The third-order valence-electron chi connectivity index (χ3n) is 10.5. The Bertz CT molecular complexity index is 1190. The van der Waals surface area contributed by atoms with E-state index in [9.17, 15) is 29.6 Å². The van der Waals surface area contributed by atoms with Crippen LogP contribution in [0.4, 0.5) is 0 Å². The van der Waals surface area contributed by atoms with Crippen molar-refractivity contribution in [1.82, 2.24) is 0 Å². The fraction of sp³-hybridized carbons (Fsp3) is 0.804. The zero-order chi connectivity index (χ0) is 42.9. The molecule has 1 fully saturated rings. The molecule has 0 aromatic carbocycles. The molecule has 1 aliphatic rings. The van der Waals surface area contributed by atoms with Crippen LogP contribution in [0.3, 0.4) is 0 Å². The van der Waals surface area contributed by atoms with E-state index in [1.165, 1.54) is 64.2 Å². The summed E-state index contributed by atoms with van der Waals surface area (Å²) in [6.07, 6.45) is 34.5. The van der Waals surface area contributed by atoms with E-state index in [2.05, 4.69) is 26.0 Å². The minimum absolute atomic E-state index is 0.0298. The van der Waals surface area contributed by atoms with Gasteiger partial charge in [-0.2, -0.15) is 0 Å². The van der Waals surface area contributed by atoms with Crippen LogP contribution < -0.4 is 4.89 Å². The van der Waals surface area contributed by atoms with Gasteiger partial charge in [-0.05, 0) is 76.2 Å². The predicted octanol–water partition coefficient (Wildman–Crippen LogP) is 9.26. The Kier molecular flexibility index (Phi) is 31.6. The molecule has 0 saturated heterocycles. The number of hydrogen-bond donors (Lipinski definition) is 3. The summed E-state index contributed by atoms with van der Waals surface area (Å²) in [6.45, 7) is 4.33. The van der Waals surface area contributed by atoms with E-state index in [4.69, 9.17) is 18.5 Å². The number of ether oxygens (including phenoxy) is 2. The number of aliphatic hydroxyl groups is 3. The highest BCUT2D eigenvalue weighted by Gasteiger charge is 2.39. The van der Waals surface area contributed by atoms with Crippen molar-refractivity contribution in [2.45, 2.75) is 180 Å². The topological polar surface area (TPSA) is 155 Å². The SMILES string of the molecule is CCCCCC/C=C\CCCCCCCC/C=C/OC[C@H](COP(=O)([O-])OCC[N+](C)(C)C)OC(=O)CCC/C=C/C[C@@H]1[C@@H](/C=C/[C@@H](O)CCCCC)[C@H](O)C[C@@H]1O. The number of esters is 1. The van der Waals surface area contributed by atoms with Crippen LogP contribution in [0.1, 0.15) is 155 Å². The quantitative estimate of drug-likeness (QED) is 0.0138. The zero-order valence-electron chi connectivity index (χ0n) is 37.1. The smallest absolute Gasteiger partial charge is 0.306 e. The average Bonchev–Trinajstić information content (AvgIpc) is 3.43. The number of rotatable bonds is 37. The summed E-state index contributed by atoms with van der Waals surface area (Å²) >= 11 is 0. The van der Waals surface area contributed by atoms with Crippen LogP contribution in [-0.2, 0) is 27.9 Å². The summed E-state index contributed by atoms with van der Waals surface area (Å²) < 4.78 is 34.3. The Morgan fingerprint density at radius 2 is 1.36 bits per heavy atom. The number of allylic oxidation sites excluding steroid dienone is 5. The minimum Gasteiger partial charge on any atom is -0.756 e. The predicted molar refractivity (Wildman–Crippen MR) is 233 cm³/mol. The fourth-order valence-corrected chi connectivity index (χ4v) is 7.58. The zero-order valence-corrected chi connectivity index (χ0v) is 38.0. The van der Waals surface area contributed by atoms with E-state index >= 15 is 0 Å². The van der Waals surface area contributed by atoms with Gasteiger partial charge in [0.05, 0.1) is 52.3 Å². The summed E-state index contributed by atoms with van der Waals surface area (Å²) in [5, 5.41) is 31.4. The van der Waals surface area contributed by atoms with E-state index in [0.29, 0.717) is 43.1 Å². The molecule has 0 aromatic heterocycles. The number of likely N-dealkylation sites (N-methyl/N-ethyl adjacent to an activating group) is 1. The molecule has 11 nitrogen and oxygen atoms in total. The van der Waals surface area contributed by atoms with E-state index < -0.39 is 44.8 Å². The standard InChI is InChI=1S/C46H84NO10P/c1-6-8-10-11-12-13-14-15-16-17-18-19-20-21-24-28-35-54-38-41(39-56-58(52,53)55-36-34-47(3,4)5)57-46(51)31-27-23-22-26-30-42-43(45(50)37-44(42)49)33-32-40(48)29-25-9-7-2/h13-14,22,26,28,32-33,35,40-45,48-50H,6-12,15-21,23-25,27,29-31,34,36-39H2,1-5H3/b14-13-,26-22+,33-32+,35-28+/t40-,41+,42+,43+,44-,45+/m0/s1. The maximum atomic E-state index is 12.8. The van der Waals surface area contributed by atoms with Gasteiger partial charge in [0, 0.05) is 18.8 Å². The molecule has 0 radical (unpaired) electrons. The number of nitrogens with zero attached hydrogens (tertiary/aromatic N) is 1. The van der Waals surface area contributed by atoms with Gasteiger partial charge in [-0.15, -0.1) is 0 Å². The van der Waals surface area contributed by atoms with Crippen LogP contribution in [-0.4, -0.2) is 97.7 Å². The minimum atomic E-state index is -4.61. The Hall–Kier alpha value is -1.82. The van der Waals surface area contributed by atoms with Crippen molar-refractivity contribution in [2.75, 3.05) is 47.5 Å². The van der Waals surface area contributed by atoms with Gasteiger partial charge >= 0.3 is 5.97 Å². The van der Waals surface area contributed by atoms with E-state index in [1.807, 2.05) is 45.4 Å². The first-order valence-corrected chi connectivity index (χ1v) is 24.1. The molecule has 0 heterocycles. The molecule has 12 heteroatoms. The Morgan fingerprint density at radius 3 is 2.02 bits per heavy atom. The lowest BCUT2D eigenvalue weighted by atomic mass is 9.89. The molecule has 0 aromatic rings. The molecule has 0 amide bonds. The van der Waals surface area contributed by atoms with Gasteiger partial charge < -0.3 is 43.2 Å². The lowest BCUT2D eigenvalue weighted by Gasteiger charge is -2.28. The van der Waals surface area contributed by atoms with Crippen molar-refractivity contribution in [3.05, 3.63) is 48.8 Å². The van der Waals surface area contributed by atoms with Crippen LogP contribution in [0.5, 0.6) is 0 Å². The van der Waals surface area contributed by atoms with E-state index in [-0.39, 0.29) is 31.5 Å². The lowest BCUT2D eigenvalue weighted by Crippen LogP contribution is -2.37. The highest BCUT2D eigenvalue weighted by atomic mass is 31.2. The molecule has 1 rings (SSSR count). The number of phosphoric acid groups is 1. The molecular weight excluding hydrogens is 757 g/mol. The number of phosphoric ester groups is 1. The Balaban J connectivity index is 2.48. The van der Waals surface area contributed by atoms with Gasteiger partial charge in [0.25, 0.3) is 7.82 Å². The summed E-state index contributed by atoms with van der Waals surface area (Å²) in [6, 6.07) is 0. The first-order chi connectivity index (χ1) is 27.8. The second-order valence-electron chi connectivity index (χ2n) is 17.1. The molecular formula is C46H84NO10P. The van der Waals surface area contributed by atoms with Crippen LogP contribution in [0.2, 0.25) is 0 Å². The number of quaternary nitrogens is 1. The van der Waals surface area contributed by atoms with Gasteiger partial charge in [-0.3, -0.25) is 9.36 Å². The monoisotopic (exact) mass is 842 g/mol. The van der Waals surface area contributed by atoms with Crippen LogP contribution in [0.25, 0.3) is 0 Å². The molecule has 1 saturated carbocycles. The third kappa shape index (κ3) is 30.2. The van der Waals surface area contributed by atoms with Crippen molar-refractivity contribution in [2.24, 2.45) is 11.8 Å². The summed E-state index contributed by atoms with van der Waals surface area (Å²) in [4.78, 5) is 25.2. The van der Waals surface area contributed by atoms with Gasteiger partial charge in [0.15, 0.2) is 6.10 Å². The third-order valence-corrected chi connectivity index (χ3v) is 11.5. The van der Waals surface area contributed by atoms with Crippen LogP contribution >= 0.6 is 7.82 Å². The second-order valence-corrected chi connectivity index (χ2v) is 18.5. The number of carbonyl (C=O) groups excluding carboxylic acids is 1. The van der Waals surface area contributed by atoms with Gasteiger partial charge in [0.1, 0.15) is 19.8 Å². The molecule has 1 aliphatic carbocycles. The first-order valence-electron chi connectivity index (χ1n) is 22.7. The number of aliphatic hydroxyl groups excluding tert-OH is 3. The van der Waals surface area contributed by atoms with Crippen LogP contribution in [0.15, 0.2) is 48.8 Å². The molecule has 1 unspecified atom stereocenters. The lowest BCUT2D eigenvalue weighted by molar-refractivity contribution is -0.870. The normalized spacial score (nSPS) is 21.1. The Labute approximate surface area is 353 Å². The summed E-state index contributed by atoms with van der Waals surface area (Å²) in [5.41, 5.74) is 0. The molecule has 0 bridgehead atoms. The fourth-order valence-electron chi connectivity index (χ4n) is 6.85. The largest absolute Gasteiger partial charge is 0.756 e.